The molecule has 2 heterocycles. The number of nitrogens with two attached hydrogens (primary N) is 1. The molecular weight excluding hydrogens is 418 g/mol. The predicted octanol–water partition coefficient (Wildman–Crippen LogP) is 4.15. The van der Waals surface area contributed by atoms with Gasteiger partial charge in [0.2, 0.25) is 5.95 Å². The first-order valence-corrected chi connectivity index (χ1v) is 10.6. The summed E-state index contributed by atoms with van der Waals surface area (Å²) >= 11 is 1.21. The maximum atomic E-state index is 12.1. The Hall–Kier alpha value is -3.20. The first-order chi connectivity index (χ1) is 14.6. The van der Waals surface area contributed by atoms with Crippen LogP contribution in [0, 0.1) is 6.92 Å². The Morgan fingerprint density at radius 1 is 1.16 bits per heavy atom. The van der Waals surface area contributed by atoms with Gasteiger partial charge in [0, 0.05) is 10.9 Å². The zero-order chi connectivity index (χ0) is 22.8. The average Bonchev–Trinajstić information content (AvgIpc) is 3.09. The van der Waals surface area contributed by atoms with Gasteiger partial charge in [-0.05, 0) is 64.4 Å². The number of aromatic nitrogens is 2. The fourth-order valence-electron chi connectivity index (χ4n) is 2.95. The molecule has 3 rings (SSSR count). The van der Waals surface area contributed by atoms with Crippen LogP contribution in [0.25, 0.3) is 21.5 Å². The number of fused-ring (bicyclic) bond motifs is 1. The Kier molecular flexibility index (Phi) is 6.45. The first-order valence-electron chi connectivity index (χ1n) is 9.77. The summed E-state index contributed by atoms with van der Waals surface area (Å²) in [5.41, 5.74) is 7.64. The normalized spacial score (nSPS) is 11.4. The van der Waals surface area contributed by atoms with Crippen molar-refractivity contribution in [3.05, 3.63) is 34.7 Å². The number of anilines is 1. The van der Waals surface area contributed by atoms with Crippen LogP contribution in [0.15, 0.2) is 24.3 Å². The van der Waals surface area contributed by atoms with Crippen LogP contribution in [0.2, 0.25) is 0 Å². The Bertz CT molecular complexity index is 1130. The van der Waals surface area contributed by atoms with Gasteiger partial charge >= 0.3 is 11.9 Å². The summed E-state index contributed by atoms with van der Waals surface area (Å²) < 4.78 is 15.9. The Balaban J connectivity index is 1.89. The molecule has 0 unspecified atom stereocenters. The van der Waals surface area contributed by atoms with Gasteiger partial charge in [-0.25, -0.2) is 19.6 Å². The van der Waals surface area contributed by atoms with Gasteiger partial charge in [-0.1, -0.05) is 0 Å². The van der Waals surface area contributed by atoms with Gasteiger partial charge in [0.25, 0.3) is 0 Å². The molecule has 3 aromatic rings. The van der Waals surface area contributed by atoms with Gasteiger partial charge in [-0.2, -0.15) is 0 Å². The second-order valence-corrected chi connectivity index (χ2v) is 8.86. The third-order valence-electron chi connectivity index (χ3n) is 4.12. The summed E-state index contributed by atoms with van der Waals surface area (Å²) in [6.45, 7) is 9.16. The molecule has 0 aliphatic rings. The monoisotopic (exact) mass is 443 g/mol. The number of esters is 2. The van der Waals surface area contributed by atoms with Gasteiger partial charge < -0.3 is 19.9 Å². The molecule has 0 saturated heterocycles. The summed E-state index contributed by atoms with van der Waals surface area (Å²) in [5, 5.41) is 0.716. The van der Waals surface area contributed by atoms with Crippen molar-refractivity contribution in [3.63, 3.8) is 0 Å². The first kappa shape index (κ1) is 22.5. The van der Waals surface area contributed by atoms with E-state index in [2.05, 4.69) is 9.97 Å². The lowest BCUT2D eigenvalue weighted by atomic mass is 10.0. The molecule has 0 spiro atoms. The maximum Gasteiger partial charge on any atom is 0.348 e. The number of aryl methyl sites for hydroxylation is 1. The summed E-state index contributed by atoms with van der Waals surface area (Å²) in [6, 6.07) is 7.11. The highest BCUT2D eigenvalue weighted by atomic mass is 32.1. The fourth-order valence-corrected chi connectivity index (χ4v) is 3.88. The molecule has 31 heavy (non-hydrogen) atoms. The van der Waals surface area contributed by atoms with Crippen molar-refractivity contribution in [2.75, 3.05) is 18.9 Å². The zero-order valence-electron chi connectivity index (χ0n) is 18.1. The van der Waals surface area contributed by atoms with Gasteiger partial charge in [0.1, 0.15) is 21.1 Å². The van der Waals surface area contributed by atoms with Crippen LogP contribution in [0.1, 0.15) is 42.9 Å². The highest BCUT2D eigenvalue weighted by Crippen LogP contribution is 2.35. The van der Waals surface area contributed by atoms with Gasteiger partial charge in [-0.3, -0.25) is 0 Å². The molecule has 164 valence electrons. The van der Waals surface area contributed by atoms with Crippen LogP contribution in [0.3, 0.4) is 0 Å². The van der Waals surface area contributed by atoms with E-state index >= 15 is 0 Å². The number of benzene rings is 1. The lowest BCUT2D eigenvalue weighted by molar-refractivity contribution is -0.157. The topological polar surface area (TPSA) is 114 Å². The lowest BCUT2D eigenvalue weighted by Crippen LogP contribution is -2.27. The number of nitrogen functional groups attached to an aromatic ring is 1. The number of ether oxygens (including phenoxy) is 3. The molecule has 0 atom stereocenters. The SMILES string of the molecule is CCOC(=O)c1cc2c(-c3ccc(OCC(=O)OC(C)(C)C)cc3C)nc(N)nc2s1. The van der Waals surface area contributed by atoms with Gasteiger partial charge in [0.05, 0.1) is 12.3 Å². The van der Waals surface area contributed by atoms with E-state index in [-0.39, 0.29) is 19.2 Å². The second kappa shape index (κ2) is 8.89. The second-order valence-electron chi connectivity index (χ2n) is 7.83. The van der Waals surface area contributed by atoms with Crippen molar-refractivity contribution in [1.82, 2.24) is 9.97 Å². The number of hydrogen-bond donors (Lipinski definition) is 1. The molecule has 2 N–H and O–H groups in total. The van der Waals surface area contributed by atoms with E-state index in [9.17, 15) is 9.59 Å². The maximum absolute atomic E-state index is 12.1. The standard InChI is InChI=1S/C22H25N3O5S/c1-6-28-20(27)16-10-15-18(24-21(23)25-19(15)31-16)14-8-7-13(9-12(14)2)29-11-17(26)30-22(3,4)5/h7-10H,6,11H2,1-5H3,(H2,23,24,25). The van der Waals surface area contributed by atoms with Crippen LogP contribution in [0.5, 0.6) is 5.75 Å². The fraction of sp³-hybridized carbons (Fsp3) is 0.364. The van der Waals surface area contributed by atoms with Crippen LogP contribution >= 0.6 is 11.3 Å². The van der Waals surface area contributed by atoms with E-state index in [1.165, 1.54) is 11.3 Å². The molecule has 0 saturated carbocycles. The Labute approximate surface area is 184 Å². The average molecular weight is 444 g/mol. The van der Waals surface area contributed by atoms with Crippen LogP contribution < -0.4 is 10.5 Å². The van der Waals surface area contributed by atoms with Gasteiger partial charge in [-0.15, -0.1) is 11.3 Å². The number of carbonyl (C=O) groups is 2. The number of rotatable bonds is 6. The molecular formula is C22H25N3O5S. The van der Waals surface area contributed by atoms with Crippen molar-refractivity contribution in [1.29, 1.82) is 0 Å². The quantitative estimate of drug-likeness (QED) is 0.565. The number of carbonyl (C=O) groups excluding carboxylic acids is 2. The summed E-state index contributed by atoms with van der Waals surface area (Å²) in [5.74, 6) is -0.200. The number of nitrogens with zero attached hydrogens (tertiary/aromatic N) is 2. The molecule has 0 aliphatic carbocycles. The highest BCUT2D eigenvalue weighted by Gasteiger charge is 2.19. The molecule has 0 bridgehead atoms. The van der Waals surface area contributed by atoms with E-state index in [4.69, 9.17) is 19.9 Å². The highest BCUT2D eigenvalue weighted by molar-refractivity contribution is 7.20. The van der Waals surface area contributed by atoms with E-state index < -0.39 is 17.5 Å². The molecule has 0 radical (unpaired) electrons. The minimum Gasteiger partial charge on any atom is -0.482 e. The summed E-state index contributed by atoms with van der Waals surface area (Å²) in [7, 11) is 0. The van der Waals surface area contributed by atoms with E-state index in [1.807, 2.05) is 19.1 Å². The van der Waals surface area contributed by atoms with Crippen molar-refractivity contribution in [2.24, 2.45) is 0 Å². The largest absolute Gasteiger partial charge is 0.482 e. The Morgan fingerprint density at radius 3 is 2.55 bits per heavy atom. The van der Waals surface area contributed by atoms with Crippen LogP contribution in [-0.4, -0.2) is 40.7 Å². The molecule has 8 nitrogen and oxygen atoms in total. The molecule has 0 amide bonds. The zero-order valence-corrected chi connectivity index (χ0v) is 19.0. The van der Waals surface area contributed by atoms with Crippen molar-refractivity contribution in [2.45, 2.75) is 40.2 Å². The summed E-state index contributed by atoms with van der Waals surface area (Å²) in [6.07, 6.45) is 0. The number of thiophene rings is 1. The third-order valence-corrected chi connectivity index (χ3v) is 5.13. The summed E-state index contributed by atoms with van der Waals surface area (Å²) in [4.78, 5) is 33.7. The van der Waals surface area contributed by atoms with Crippen LogP contribution in [0.4, 0.5) is 5.95 Å². The lowest BCUT2D eigenvalue weighted by Gasteiger charge is -2.19. The smallest absolute Gasteiger partial charge is 0.348 e. The van der Waals surface area contributed by atoms with Crippen molar-refractivity contribution >= 4 is 39.4 Å². The van der Waals surface area contributed by atoms with E-state index in [0.29, 0.717) is 26.5 Å². The van der Waals surface area contributed by atoms with E-state index in [1.54, 1.807) is 39.8 Å². The number of hydrogen-bond acceptors (Lipinski definition) is 9. The minimum absolute atomic E-state index is 0.115. The van der Waals surface area contributed by atoms with Crippen molar-refractivity contribution in [3.8, 4) is 17.0 Å². The Morgan fingerprint density at radius 2 is 1.90 bits per heavy atom. The molecule has 1 aromatic carbocycles. The third kappa shape index (κ3) is 5.49. The molecule has 0 fully saturated rings. The van der Waals surface area contributed by atoms with Crippen molar-refractivity contribution < 1.29 is 23.8 Å². The van der Waals surface area contributed by atoms with E-state index in [0.717, 1.165) is 11.1 Å². The van der Waals surface area contributed by atoms with Crippen LogP contribution in [-0.2, 0) is 14.3 Å². The molecule has 9 heteroatoms. The molecule has 0 aliphatic heterocycles. The molecule has 2 aromatic heterocycles. The predicted molar refractivity (Wildman–Crippen MR) is 119 cm³/mol. The van der Waals surface area contributed by atoms with Gasteiger partial charge in [0.15, 0.2) is 6.61 Å². The minimum atomic E-state index is -0.568.